The van der Waals surface area contributed by atoms with Crippen LogP contribution in [0.25, 0.3) is 0 Å². The van der Waals surface area contributed by atoms with Gasteiger partial charge >= 0.3 is 5.97 Å². The Morgan fingerprint density at radius 2 is 2.16 bits per heavy atom. The zero-order valence-electron chi connectivity index (χ0n) is 11.1. The van der Waals surface area contributed by atoms with Gasteiger partial charge in [-0.15, -0.1) is 0 Å². The molecule has 1 saturated carbocycles. The predicted molar refractivity (Wildman–Crippen MR) is 67.9 cm³/mol. The smallest absolute Gasteiger partial charge is 0.330 e. The number of carbonyl (C=O) groups excluding carboxylic acids is 3. The Morgan fingerprint density at radius 1 is 1.42 bits per heavy atom. The fourth-order valence-corrected chi connectivity index (χ4v) is 3.11. The van der Waals surface area contributed by atoms with Gasteiger partial charge in [-0.05, 0) is 18.8 Å². The minimum Gasteiger partial charge on any atom is -0.461 e. The van der Waals surface area contributed by atoms with E-state index in [0.717, 1.165) is 25.3 Å². The second-order valence-corrected chi connectivity index (χ2v) is 5.24. The number of nitrogens with zero attached hydrogens (tertiary/aromatic N) is 1. The highest BCUT2D eigenvalue weighted by Gasteiger charge is 2.50. The molecular formula is C14H19NO4. The first-order valence-corrected chi connectivity index (χ1v) is 6.70. The van der Waals surface area contributed by atoms with E-state index in [4.69, 9.17) is 4.74 Å². The first-order chi connectivity index (χ1) is 9.06. The molecule has 5 heteroatoms. The summed E-state index contributed by atoms with van der Waals surface area (Å²) in [6.45, 7) is 5.51. The Labute approximate surface area is 112 Å². The number of hydrogen-bond donors (Lipinski definition) is 0. The van der Waals surface area contributed by atoms with Gasteiger partial charge in [0.25, 0.3) is 0 Å². The maximum absolute atomic E-state index is 12.3. The van der Waals surface area contributed by atoms with Crippen molar-refractivity contribution in [2.75, 3.05) is 13.2 Å². The van der Waals surface area contributed by atoms with Gasteiger partial charge in [0, 0.05) is 6.08 Å². The zero-order valence-corrected chi connectivity index (χ0v) is 11.1. The number of likely N-dealkylation sites (tertiary alicyclic amines) is 1. The van der Waals surface area contributed by atoms with E-state index in [0.29, 0.717) is 0 Å². The summed E-state index contributed by atoms with van der Waals surface area (Å²) >= 11 is 0. The first-order valence-electron chi connectivity index (χ1n) is 6.70. The first kappa shape index (κ1) is 13.8. The van der Waals surface area contributed by atoms with Crippen molar-refractivity contribution in [2.45, 2.75) is 26.2 Å². The lowest BCUT2D eigenvalue weighted by molar-refractivity contribution is -0.145. The van der Waals surface area contributed by atoms with Crippen LogP contribution >= 0.6 is 0 Å². The van der Waals surface area contributed by atoms with Crippen molar-refractivity contribution in [3.05, 3.63) is 12.7 Å². The molecule has 1 aliphatic carbocycles. The van der Waals surface area contributed by atoms with Crippen molar-refractivity contribution in [1.82, 2.24) is 4.90 Å². The highest BCUT2D eigenvalue weighted by Crippen LogP contribution is 2.41. The molecule has 0 N–H and O–H groups in total. The van der Waals surface area contributed by atoms with Gasteiger partial charge in [-0.2, -0.15) is 0 Å². The summed E-state index contributed by atoms with van der Waals surface area (Å²) in [5, 5.41) is 0. The summed E-state index contributed by atoms with van der Waals surface area (Å²) in [7, 11) is 0. The largest absolute Gasteiger partial charge is 0.461 e. The number of carbonyl (C=O) groups is 3. The Bertz CT molecular complexity index is 418. The second kappa shape index (κ2) is 5.55. The molecule has 19 heavy (non-hydrogen) atoms. The average molecular weight is 265 g/mol. The summed E-state index contributed by atoms with van der Waals surface area (Å²) in [5.74, 6) is -0.809. The normalized spacial score (nSPS) is 30.2. The molecule has 3 unspecified atom stereocenters. The van der Waals surface area contributed by atoms with Crippen LogP contribution in [0.15, 0.2) is 12.7 Å². The third-order valence-electron chi connectivity index (χ3n) is 4.08. The van der Waals surface area contributed by atoms with Gasteiger partial charge in [0.2, 0.25) is 11.8 Å². The summed E-state index contributed by atoms with van der Waals surface area (Å²) in [6, 6.07) is 0. The van der Waals surface area contributed by atoms with Gasteiger partial charge in [-0.1, -0.05) is 19.9 Å². The number of ether oxygens (including phenoxy) is 1. The molecule has 0 aromatic rings. The molecule has 104 valence electrons. The minimum atomic E-state index is -0.537. The van der Waals surface area contributed by atoms with E-state index in [9.17, 15) is 14.4 Å². The van der Waals surface area contributed by atoms with Gasteiger partial charge in [-0.3, -0.25) is 14.5 Å². The van der Waals surface area contributed by atoms with Gasteiger partial charge in [0.05, 0.1) is 18.4 Å². The van der Waals surface area contributed by atoms with Gasteiger partial charge in [0.15, 0.2) is 0 Å². The lowest BCUT2D eigenvalue weighted by Gasteiger charge is -2.27. The summed E-state index contributed by atoms with van der Waals surface area (Å²) in [5.41, 5.74) is 0. The van der Waals surface area contributed by atoms with Crippen molar-refractivity contribution in [3.8, 4) is 0 Å². The van der Waals surface area contributed by atoms with E-state index in [2.05, 4.69) is 6.58 Å². The van der Waals surface area contributed by atoms with Crippen LogP contribution in [-0.2, 0) is 19.1 Å². The molecule has 2 rings (SSSR count). The van der Waals surface area contributed by atoms with Crippen LogP contribution < -0.4 is 0 Å². The predicted octanol–water partition coefficient (Wildman–Crippen LogP) is 1.14. The topological polar surface area (TPSA) is 63.7 Å². The fourth-order valence-electron chi connectivity index (χ4n) is 3.11. The molecule has 3 atom stereocenters. The van der Waals surface area contributed by atoms with Crippen molar-refractivity contribution in [1.29, 1.82) is 0 Å². The molecule has 1 saturated heterocycles. The quantitative estimate of drug-likeness (QED) is 0.434. The van der Waals surface area contributed by atoms with E-state index in [-0.39, 0.29) is 42.7 Å². The average Bonchev–Trinajstić information content (AvgIpc) is 2.64. The molecule has 2 aliphatic rings. The third kappa shape index (κ3) is 2.55. The number of esters is 1. The number of rotatable bonds is 4. The Morgan fingerprint density at radius 3 is 2.79 bits per heavy atom. The van der Waals surface area contributed by atoms with Crippen LogP contribution in [-0.4, -0.2) is 35.8 Å². The number of amides is 2. The van der Waals surface area contributed by atoms with E-state index < -0.39 is 5.97 Å². The van der Waals surface area contributed by atoms with Crippen molar-refractivity contribution in [2.24, 2.45) is 17.8 Å². The minimum absolute atomic E-state index is 0.0379. The molecule has 0 aromatic carbocycles. The lowest BCUT2D eigenvalue weighted by atomic mass is 9.74. The molecule has 0 spiro atoms. The van der Waals surface area contributed by atoms with E-state index in [1.807, 2.05) is 6.92 Å². The lowest BCUT2D eigenvalue weighted by Crippen LogP contribution is -2.35. The number of hydrogen-bond acceptors (Lipinski definition) is 4. The molecule has 0 radical (unpaired) electrons. The van der Waals surface area contributed by atoms with Gasteiger partial charge in [0.1, 0.15) is 6.61 Å². The molecule has 2 amide bonds. The van der Waals surface area contributed by atoms with Crippen molar-refractivity contribution < 1.29 is 19.1 Å². The van der Waals surface area contributed by atoms with Crippen molar-refractivity contribution >= 4 is 17.8 Å². The summed E-state index contributed by atoms with van der Waals surface area (Å²) in [4.78, 5) is 36.6. The van der Waals surface area contributed by atoms with Crippen molar-refractivity contribution in [3.63, 3.8) is 0 Å². The van der Waals surface area contributed by atoms with Crippen LogP contribution in [0.5, 0.6) is 0 Å². The molecular weight excluding hydrogens is 246 g/mol. The highest BCUT2D eigenvalue weighted by atomic mass is 16.5. The highest BCUT2D eigenvalue weighted by molar-refractivity contribution is 6.05. The molecule has 2 fully saturated rings. The summed E-state index contributed by atoms with van der Waals surface area (Å²) in [6.07, 6.45) is 3.86. The molecule has 0 bridgehead atoms. The molecule has 0 aromatic heterocycles. The molecule has 1 aliphatic heterocycles. The summed E-state index contributed by atoms with van der Waals surface area (Å²) < 4.78 is 4.83. The van der Waals surface area contributed by atoms with E-state index in [1.54, 1.807) is 0 Å². The number of imide groups is 1. The Kier molecular flexibility index (Phi) is 4.02. The van der Waals surface area contributed by atoms with Crippen LogP contribution in [0.3, 0.4) is 0 Å². The zero-order chi connectivity index (χ0) is 14.0. The van der Waals surface area contributed by atoms with Gasteiger partial charge < -0.3 is 4.74 Å². The maximum Gasteiger partial charge on any atom is 0.330 e. The molecule has 1 heterocycles. The Hall–Kier alpha value is -1.65. The number of fused-ring (bicyclic) bond motifs is 1. The SMILES string of the molecule is C=CC(=O)OCCN1C(=O)C2CCCC(C)C2C1=O. The molecule has 5 nitrogen and oxygen atoms in total. The van der Waals surface area contributed by atoms with E-state index in [1.165, 1.54) is 4.90 Å². The standard InChI is InChI=1S/C14H19NO4/c1-3-11(16)19-8-7-15-13(17)10-6-4-5-9(2)12(10)14(15)18/h3,9-10,12H,1,4-8H2,2H3. The van der Waals surface area contributed by atoms with Crippen LogP contribution in [0, 0.1) is 17.8 Å². The second-order valence-electron chi connectivity index (χ2n) is 5.24. The maximum atomic E-state index is 12.3. The fraction of sp³-hybridized carbons (Fsp3) is 0.643. The van der Waals surface area contributed by atoms with Crippen LogP contribution in [0.1, 0.15) is 26.2 Å². The Balaban J connectivity index is 1.98. The third-order valence-corrected chi connectivity index (χ3v) is 4.08. The van der Waals surface area contributed by atoms with Crippen LogP contribution in [0.2, 0.25) is 0 Å². The van der Waals surface area contributed by atoms with E-state index >= 15 is 0 Å². The van der Waals surface area contributed by atoms with Gasteiger partial charge in [-0.25, -0.2) is 4.79 Å². The monoisotopic (exact) mass is 265 g/mol. The van der Waals surface area contributed by atoms with Crippen LogP contribution in [0.4, 0.5) is 0 Å².